The second-order valence-corrected chi connectivity index (χ2v) is 8.54. The third-order valence-corrected chi connectivity index (χ3v) is 6.79. The topological polar surface area (TPSA) is 59.0 Å². The third kappa shape index (κ3) is 3.11. The van der Waals surface area contributed by atoms with Crippen LogP contribution in [0.4, 0.5) is 17.1 Å². The van der Waals surface area contributed by atoms with Crippen molar-refractivity contribution >= 4 is 28.0 Å². The van der Waals surface area contributed by atoms with Gasteiger partial charge in [-0.3, -0.25) is 9.11 Å². The predicted molar refractivity (Wildman–Crippen MR) is 105 cm³/mol. The zero-order valence-electron chi connectivity index (χ0n) is 14.4. The van der Waals surface area contributed by atoms with Crippen LogP contribution >= 0.6 is 11.0 Å². The number of nitrogens with zero attached hydrogens (tertiary/aromatic N) is 2. The molecule has 3 N–H and O–H groups in total. The van der Waals surface area contributed by atoms with Crippen LogP contribution in [0.2, 0.25) is 0 Å². The zero-order chi connectivity index (χ0) is 17.4. The number of benzene rings is 2. The maximum absolute atomic E-state index is 11.2. The molecule has 4 rings (SSSR count). The molecule has 5 nitrogen and oxygen atoms in total. The van der Waals surface area contributed by atoms with Crippen molar-refractivity contribution in [2.75, 3.05) is 15.2 Å². The first-order valence-corrected chi connectivity index (χ1v) is 10.3. The van der Waals surface area contributed by atoms with Crippen LogP contribution in [-0.2, 0) is 0 Å². The predicted octanol–water partition coefficient (Wildman–Crippen LogP) is 4.76. The third-order valence-electron chi connectivity index (χ3n) is 4.81. The molecule has 134 valence electrons. The van der Waals surface area contributed by atoms with Crippen LogP contribution in [0, 0.1) is 0 Å². The van der Waals surface area contributed by atoms with Crippen LogP contribution in [0.5, 0.6) is 0 Å². The van der Waals surface area contributed by atoms with Crippen molar-refractivity contribution in [3.05, 3.63) is 54.6 Å². The Kier molecular flexibility index (Phi) is 4.37. The average Bonchev–Trinajstić information content (AvgIpc) is 3.37. The first kappa shape index (κ1) is 16.7. The molecule has 25 heavy (non-hydrogen) atoms. The van der Waals surface area contributed by atoms with Crippen LogP contribution in [0.1, 0.15) is 26.2 Å². The van der Waals surface area contributed by atoms with Gasteiger partial charge in [-0.1, -0.05) is 30.3 Å². The highest BCUT2D eigenvalue weighted by Gasteiger charge is 2.43. The van der Waals surface area contributed by atoms with Crippen LogP contribution in [0.15, 0.2) is 54.6 Å². The number of para-hydroxylation sites is 3. The Morgan fingerprint density at radius 1 is 1.04 bits per heavy atom. The van der Waals surface area contributed by atoms with Crippen LogP contribution in [0.3, 0.4) is 0 Å². The lowest BCUT2D eigenvalue weighted by Crippen LogP contribution is -2.39. The molecule has 0 saturated heterocycles. The molecule has 0 spiro atoms. The van der Waals surface area contributed by atoms with Gasteiger partial charge in [0, 0.05) is 6.04 Å². The zero-order valence-corrected chi connectivity index (χ0v) is 15.2. The van der Waals surface area contributed by atoms with E-state index in [4.69, 9.17) is 0 Å². The van der Waals surface area contributed by atoms with Gasteiger partial charge in [-0.15, -0.1) is 0 Å². The number of anilines is 3. The van der Waals surface area contributed by atoms with Gasteiger partial charge in [0.1, 0.15) is 0 Å². The van der Waals surface area contributed by atoms with Crippen molar-refractivity contribution in [1.82, 2.24) is 5.32 Å². The summed E-state index contributed by atoms with van der Waals surface area (Å²) in [5.41, 5.74) is 2.52. The van der Waals surface area contributed by atoms with Crippen molar-refractivity contribution in [3.8, 4) is 0 Å². The van der Waals surface area contributed by atoms with Gasteiger partial charge in [0.15, 0.2) is 0 Å². The van der Waals surface area contributed by atoms with Gasteiger partial charge in [0.25, 0.3) is 0 Å². The Morgan fingerprint density at radius 3 is 2.36 bits per heavy atom. The summed E-state index contributed by atoms with van der Waals surface area (Å²) in [6, 6.07) is 18.1. The molecule has 1 saturated carbocycles. The molecular weight excluding hydrogens is 334 g/mol. The summed E-state index contributed by atoms with van der Waals surface area (Å²) in [5, 5.41) is 3.51. The van der Waals surface area contributed by atoms with Gasteiger partial charge in [-0.2, -0.15) is 0 Å². The van der Waals surface area contributed by atoms with E-state index >= 15 is 0 Å². The molecule has 1 aliphatic carbocycles. The van der Waals surface area contributed by atoms with E-state index in [2.05, 4.69) is 12.2 Å². The fourth-order valence-electron chi connectivity index (χ4n) is 3.40. The molecule has 0 amide bonds. The molecule has 2 aliphatic rings. The average molecular weight is 359 g/mol. The van der Waals surface area contributed by atoms with Gasteiger partial charge >= 0.3 is 0 Å². The van der Waals surface area contributed by atoms with E-state index in [1.54, 1.807) is 8.61 Å². The molecule has 0 bridgehead atoms. The summed E-state index contributed by atoms with van der Waals surface area (Å²) in [4.78, 5) is 0. The number of nitrogens with one attached hydrogen (secondary N) is 1. The van der Waals surface area contributed by atoms with Gasteiger partial charge in [-0.05, 0) is 68.0 Å². The highest BCUT2D eigenvalue weighted by atomic mass is 32.3. The second-order valence-electron chi connectivity index (χ2n) is 6.80. The van der Waals surface area contributed by atoms with E-state index < -0.39 is 11.0 Å². The van der Waals surface area contributed by atoms with Gasteiger partial charge < -0.3 is 5.32 Å². The van der Waals surface area contributed by atoms with Gasteiger partial charge in [0.2, 0.25) is 0 Å². The maximum Gasteiger partial charge on any atom is 0.0896 e. The quantitative estimate of drug-likeness (QED) is 0.694. The highest BCUT2D eigenvalue weighted by molar-refractivity contribution is 8.27. The van der Waals surface area contributed by atoms with Crippen molar-refractivity contribution in [2.45, 2.75) is 38.3 Å². The smallest absolute Gasteiger partial charge is 0.0896 e. The number of rotatable bonds is 6. The Bertz CT molecular complexity index is 736. The molecule has 6 heteroatoms. The minimum atomic E-state index is -3.14. The summed E-state index contributed by atoms with van der Waals surface area (Å²) < 4.78 is 25.8. The molecule has 1 atom stereocenters. The summed E-state index contributed by atoms with van der Waals surface area (Å²) in [6.07, 6.45) is 3.39. The minimum Gasteiger partial charge on any atom is -0.314 e. The largest absolute Gasteiger partial charge is 0.314 e. The fraction of sp³-hybridized carbons (Fsp3) is 0.368. The van der Waals surface area contributed by atoms with Crippen molar-refractivity contribution < 1.29 is 9.11 Å². The minimum absolute atomic E-state index is 0.0195. The molecular formula is C19H25N3O2S. The number of fused-ring (bicyclic) bond motifs is 1. The highest BCUT2D eigenvalue weighted by Crippen LogP contribution is 2.64. The summed E-state index contributed by atoms with van der Waals surface area (Å²) in [6.45, 7) is 2.96. The van der Waals surface area contributed by atoms with Crippen LogP contribution in [-0.4, -0.2) is 27.7 Å². The second kappa shape index (κ2) is 6.53. The first-order chi connectivity index (χ1) is 12.1. The van der Waals surface area contributed by atoms with Crippen LogP contribution < -0.4 is 13.9 Å². The number of hydrogen-bond acceptors (Lipinski definition) is 5. The van der Waals surface area contributed by atoms with Crippen molar-refractivity contribution in [2.24, 2.45) is 0 Å². The molecule has 1 fully saturated rings. The fourth-order valence-corrected chi connectivity index (χ4v) is 5.40. The standard InChI is InChI=1S/C19H25N3O2S/c1-15(13-14-20-16-11-12-16)21-18-9-5-6-10-19(18)22(25(21,23)24)17-7-3-2-4-8-17/h2-10,15-16,20,23-24H,11-14H2,1H3. The summed E-state index contributed by atoms with van der Waals surface area (Å²) in [5.74, 6) is 0. The van der Waals surface area contributed by atoms with Gasteiger partial charge in [-0.25, -0.2) is 8.61 Å². The molecule has 2 aromatic carbocycles. The van der Waals surface area contributed by atoms with E-state index in [1.165, 1.54) is 12.8 Å². The van der Waals surface area contributed by atoms with E-state index in [-0.39, 0.29) is 6.04 Å². The number of hydrogen-bond donors (Lipinski definition) is 3. The van der Waals surface area contributed by atoms with Crippen molar-refractivity contribution in [3.63, 3.8) is 0 Å². The summed E-state index contributed by atoms with van der Waals surface area (Å²) in [7, 11) is -3.14. The summed E-state index contributed by atoms with van der Waals surface area (Å²) >= 11 is 0. The Balaban J connectivity index is 1.64. The maximum atomic E-state index is 11.2. The molecule has 0 radical (unpaired) electrons. The normalized spacial score (nSPS) is 21.1. The van der Waals surface area contributed by atoms with Gasteiger partial charge in [0.05, 0.1) is 23.1 Å². The van der Waals surface area contributed by atoms with E-state index in [1.807, 2.05) is 54.6 Å². The van der Waals surface area contributed by atoms with E-state index in [0.717, 1.165) is 30.0 Å². The Labute approximate surface area is 150 Å². The lowest BCUT2D eigenvalue weighted by Gasteiger charge is -2.46. The lowest BCUT2D eigenvalue weighted by molar-refractivity contribution is 0.471. The molecule has 1 unspecified atom stereocenters. The first-order valence-electron chi connectivity index (χ1n) is 8.84. The Morgan fingerprint density at radius 2 is 1.68 bits per heavy atom. The SMILES string of the molecule is CC(CCNC1CC1)N1c2ccccc2N(c2ccccc2)S1(O)O. The molecule has 1 heterocycles. The Hall–Kier alpha value is -1.73. The van der Waals surface area contributed by atoms with Crippen molar-refractivity contribution in [1.29, 1.82) is 0 Å². The van der Waals surface area contributed by atoms with E-state index in [9.17, 15) is 9.11 Å². The van der Waals surface area contributed by atoms with Crippen LogP contribution in [0.25, 0.3) is 0 Å². The molecule has 0 aromatic heterocycles. The molecule has 2 aromatic rings. The van der Waals surface area contributed by atoms with E-state index in [0.29, 0.717) is 6.04 Å². The lowest BCUT2D eigenvalue weighted by atomic mass is 10.2. The monoisotopic (exact) mass is 359 g/mol. The molecule has 1 aliphatic heterocycles.